The number of nitriles is 1. The fourth-order valence-corrected chi connectivity index (χ4v) is 4.59. The molecule has 1 aromatic rings. The van der Waals surface area contributed by atoms with Crippen LogP contribution in [-0.4, -0.2) is 25.8 Å². The fraction of sp³-hybridized carbons (Fsp3) is 0.533. The van der Waals surface area contributed by atoms with Crippen molar-refractivity contribution in [1.82, 2.24) is 4.31 Å². The van der Waals surface area contributed by atoms with E-state index in [0.717, 1.165) is 6.42 Å². The highest BCUT2D eigenvalue weighted by atomic mass is 35.5. The Balaban J connectivity index is 2.30. The summed E-state index contributed by atoms with van der Waals surface area (Å²) in [6.07, 6.45) is 0.858. The van der Waals surface area contributed by atoms with Crippen molar-refractivity contribution in [2.75, 3.05) is 13.1 Å². The molecule has 1 atom stereocenters. The van der Waals surface area contributed by atoms with E-state index in [1.54, 1.807) is 0 Å². The van der Waals surface area contributed by atoms with Gasteiger partial charge in [-0.15, -0.1) is 0 Å². The number of halogens is 1. The van der Waals surface area contributed by atoms with Crippen LogP contribution in [0.5, 0.6) is 0 Å². The van der Waals surface area contributed by atoms with Crippen LogP contribution < -0.4 is 0 Å². The van der Waals surface area contributed by atoms with Gasteiger partial charge in [-0.05, 0) is 36.0 Å². The third kappa shape index (κ3) is 3.23. The lowest BCUT2D eigenvalue weighted by Crippen LogP contribution is -2.31. The fourth-order valence-electron chi connectivity index (χ4n) is 2.57. The second kappa shape index (κ2) is 5.60. The molecule has 114 valence electrons. The zero-order valence-electron chi connectivity index (χ0n) is 12.4. The molecule has 1 heterocycles. The average Bonchev–Trinajstić information content (AvgIpc) is 2.88. The summed E-state index contributed by atoms with van der Waals surface area (Å²) in [5.41, 5.74) is 0.437. The summed E-state index contributed by atoms with van der Waals surface area (Å²) >= 11 is 6.04. The van der Waals surface area contributed by atoms with Crippen molar-refractivity contribution in [2.45, 2.75) is 32.1 Å². The second-order valence-electron chi connectivity index (χ2n) is 6.47. The molecule has 4 nitrogen and oxygen atoms in total. The summed E-state index contributed by atoms with van der Waals surface area (Å²) in [6, 6.07) is 6.24. The molecule has 0 N–H and O–H groups in total. The van der Waals surface area contributed by atoms with Gasteiger partial charge in [0, 0.05) is 13.1 Å². The number of nitrogens with zero attached hydrogens (tertiary/aromatic N) is 2. The topological polar surface area (TPSA) is 61.2 Å². The third-order valence-electron chi connectivity index (χ3n) is 4.05. The van der Waals surface area contributed by atoms with Crippen LogP contribution in [0.3, 0.4) is 0 Å². The van der Waals surface area contributed by atoms with Gasteiger partial charge >= 0.3 is 0 Å². The highest BCUT2D eigenvalue weighted by molar-refractivity contribution is 7.89. The SMILES string of the molecule is CC(C)(C)C1CCN(S(=O)(=O)c2ccc(C#N)cc2Cl)C1. The first-order valence-corrected chi connectivity index (χ1v) is 8.68. The standard InChI is InChI=1S/C15H19ClN2O2S/c1-15(2,3)12-6-7-18(10-12)21(19,20)14-5-4-11(9-17)8-13(14)16/h4-5,8,12H,6-7,10H2,1-3H3. The van der Waals surface area contributed by atoms with Crippen LogP contribution in [-0.2, 0) is 10.0 Å². The van der Waals surface area contributed by atoms with Crippen molar-refractivity contribution in [1.29, 1.82) is 5.26 Å². The Kier molecular flexibility index (Phi) is 4.34. The van der Waals surface area contributed by atoms with Crippen molar-refractivity contribution < 1.29 is 8.42 Å². The van der Waals surface area contributed by atoms with E-state index in [1.165, 1.54) is 22.5 Å². The van der Waals surface area contributed by atoms with Gasteiger partial charge in [0.05, 0.1) is 16.7 Å². The Morgan fingerprint density at radius 1 is 1.38 bits per heavy atom. The second-order valence-corrected chi connectivity index (χ2v) is 8.79. The molecule has 1 aliphatic rings. The first-order valence-electron chi connectivity index (χ1n) is 6.86. The minimum absolute atomic E-state index is 0.0812. The number of sulfonamides is 1. The van der Waals surface area contributed by atoms with Crippen molar-refractivity contribution in [2.24, 2.45) is 11.3 Å². The number of rotatable bonds is 2. The van der Waals surface area contributed by atoms with Gasteiger partial charge in [0.1, 0.15) is 4.90 Å². The maximum absolute atomic E-state index is 12.7. The molecular formula is C15H19ClN2O2S. The van der Waals surface area contributed by atoms with Crippen LogP contribution in [0.1, 0.15) is 32.8 Å². The van der Waals surface area contributed by atoms with E-state index < -0.39 is 10.0 Å². The Hall–Kier alpha value is -1.09. The summed E-state index contributed by atoms with van der Waals surface area (Å²) < 4.78 is 26.9. The molecule has 0 spiro atoms. The Labute approximate surface area is 131 Å². The van der Waals surface area contributed by atoms with Gasteiger partial charge in [0.2, 0.25) is 10.0 Å². The quantitative estimate of drug-likeness (QED) is 0.838. The summed E-state index contributed by atoms with van der Waals surface area (Å²) in [7, 11) is -3.60. The number of hydrogen-bond donors (Lipinski definition) is 0. The molecule has 2 rings (SSSR count). The molecule has 1 aromatic carbocycles. The molecule has 0 radical (unpaired) electrons. The van der Waals surface area contributed by atoms with Gasteiger partial charge < -0.3 is 0 Å². The largest absolute Gasteiger partial charge is 0.244 e. The van der Waals surface area contributed by atoms with Crippen LogP contribution in [0.4, 0.5) is 0 Å². The van der Waals surface area contributed by atoms with E-state index >= 15 is 0 Å². The van der Waals surface area contributed by atoms with Gasteiger partial charge in [0.25, 0.3) is 0 Å². The first-order chi connectivity index (χ1) is 9.66. The van der Waals surface area contributed by atoms with Crippen molar-refractivity contribution >= 4 is 21.6 Å². The normalized spacial score (nSPS) is 20.4. The molecule has 1 aliphatic heterocycles. The molecule has 0 aliphatic carbocycles. The van der Waals surface area contributed by atoms with Crippen LogP contribution in [0.2, 0.25) is 5.02 Å². The third-order valence-corrected chi connectivity index (χ3v) is 6.40. The molecule has 0 aromatic heterocycles. The Bertz CT molecular complexity index is 687. The van der Waals surface area contributed by atoms with Crippen LogP contribution in [0.25, 0.3) is 0 Å². The molecule has 1 fully saturated rings. The van der Waals surface area contributed by atoms with Gasteiger partial charge in [0.15, 0.2) is 0 Å². The minimum atomic E-state index is -3.60. The predicted octanol–water partition coefficient (Wildman–Crippen LogP) is 3.27. The zero-order valence-corrected chi connectivity index (χ0v) is 14.0. The Morgan fingerprint density at radius 2 is 2.05 bits per heavy atom. The monoisotopic (exact) mass is 326 g/mol. The van der Waals surface area contributed by atoms with E-state index in [9.17, 15) is 8.42 Å². The van der Waals surface area contributed by atoms with E-state index in [0.29, 0.717) is 24.6 Å². The smallest absolute Gasteiger partial charge is 0.207 e. The molecule has 1 unspecified atom stereocenters. The molecular weight excluding hydrogens is 308 g/mol. The van der Waals surface area contributed by atoms with Gasteiger partial charge in [-0.25, -0.2) is 8.42 Å². The van der Waals surface area contributed by atoms with E-state index in [4.69, 9.17) is 16.9 Å². The molecule has 0 amide bonds. The molecule has 6 heteroatoms. The summed E-state index contributed by atoms with van der Waals surface area (Å²) in [6.45, 7) is 7.41. The zero-order chi connectivity index (χ0) is 15.8. The maximum atomic E-state index is 12.7. The number of hydrogen-bond acceptors (Lipinski definition) is 3. The van der Waals surface area contributed by atoms with Crippen LogP contribution >= 0.6 is 11.6 Å². The number of benzene rings is 1. The molecule has 0 saturated carbocycles. The average molecular weight is 327 g/mol. The van der Waals surface area contributed by atoms with Crippen LogP contribution in [0, 0.1) is 22.7 Å². The molecule has 0 bridgehead atoms. The van der Waals surface area contributed by atoms with Crippen molar-refractivity contribution in [3.63, 3.8) is 0 Å². The van der Waals surface area contributed by atoms with Gasteiger partial charge in [-0.2, -0.15) is 9.57 Å². The highest BCUT2D eigenvalue weighted by Gasteiger charge is 2.38. The van der Waals surface area contributed by atoms with Gasteiger partial charge in [-0.1, -0.05) is 32.4 Å². The lowest BCUT2D eigenvalue weighted by molar-refractivity contribution is 0.252. The maximum Gasteiger partial charge on any atom is 0.244 e. The lowest BCUT2D eigenvalue weighted by atomic mass is 9.80. The highest BCUT2D eigenvalue weighted by Crippen LogP contribution is 2.36. The Morgan fingerprint density at radius 3 is 2.52 bits per heavy atom. The first kappa shape index (κ1) is 16.3. The predicted molar refractivity (Wildman–Crippen MR) is 82.5 cm³/mol. The summed E-state index contributed by atoms with van der Waals surface area (Å²) in [4.78, 5) is 0.0812. The van der Waals surface area contributed by atoms with E-state index in [2.05, 4.69) is 20.8 Å². The van der Waals surface area contributed by atoms with Crippen LogP contribution in [0.15, 0.2) is 23.1 Å². The van der Waals surface area contributed by atoms with E-state index in [-0.39, 0.29) is 15.3 Å². The van der Waals surface area contributed by atoms with E-state index in [1.807, 2.05) is 6.07 Å². The lowest BCUT2D eigenvalue weighted by Gasteiger charge is -2.27. The summed E-state index contributed by atoms with van der Waals surface area (Å²) in [5.74, 6) is 0.337. The summed E-state index contributed by atoms with van der Waals surface area (Å²) in [5, 5.41) is 8.93. The van der Waals surface area contributed by atoms with Crippen molar-refractivity contribution in [3.05, 3.63) is 28.8 Å². The van der Waals surface area contributed by atoms with Gasteiger partial charge in [-0.3, -0.25) is 0 Å². The molecule has 1 saturated heterocycles. The minimum Gasteiger partial charge on any atom is -0.207 e. The van der Waals surface area contributed by atoms with Crippen molar-refractivity contribution in [3.8, 4) is 6.07 Å². The molecule has 21 heavy (non-hydrogen) atoms.